The van der Waals surface area contributed by atoms with Crippen LogP contribution in [0.4, 0.5) is 4.79 Å². The van der Waals surface area contributed by atoms with Gasteiger partial charge in [0.2, 0.25) is 11.8 Å². The zero-order valence-electron chi connectivity index (χ0n) is 19.9. The highest BCUT2D eigenvalue weighted by Crippen LogP contribution is 2.23. The third-order valence-electron chi connectivity index (χ3n) is 5.47. The highest BCUT2D eigenvalue weighted by molar-refractivity contribution is 7.89. The number of hydrogen-bond acceptors (Lipinski definition) is 6. The summed E-state index contributed by atoms with van der Waals surface area (Å²) in [6.45, 7) is 8.01. The second kappa shape index (κ2) is 10.0. The van der Waals surface area contributed by atoms with Gasteiger partial charge in [0.15, 0.2) is 0 Å². The molecule has 2 aliphatic heterocycles. The van der Waals surface area contributed by atoms with Gasteiger partial charge < -0.3 is 20.3 Å². The number of rotatable bonds is 5. The average molecular weight is 493 g/mol. The first-order valence-corrected chi connectivity index (χ1v) is 12.7. The van der Waals surface area contributed by atoms with Crippen molar-refractivity contribution < 1.29 is 27.5 Å². The second-order valence-electron chi connectivity index (χ2n) is 9.53. The summed E-state index contributed by atoms with van der Waals surface area (Å²) in [6.07, 6.45) is 3.03. The predicted octanol–water partition coefficient (Wildman–Crippen LogP) is 1.86. The Morgan fingerprint density at radius 1 is 1.21 bits per heavy atom. The van der Waals surface area contributed by atoms with Gasteiger partial charge in [0.1, 0.15) is 11.6 Å². The number of likely N-dealkylation sites (tertiary alicyclic amines) is 1. The summed E-state index contributed by atoms with van der Waals surface area (Å²) in [5.41, 5.74) is 0.274. The molecule has 2 aliphatic rings. The number of benzene rings is 1. The van der Waals surface area contributed by atoms with Gasteiger partial charge >= 0.3 is 6.09 Å². The van der Waals surface area contributed by atoms with E-state index < -0.39 is 39.6 Å². The number of piperidine rings is 1. The minimum Gasteiger partial charge on any atom is -0.444 e. The minimum absolute atomic E-state index is 0.0307. The maximum atomic E-state index is 13.2. The van der Waals surface area contributed by atoms with Gasteiger partial charge in [-0.2, -0.15) is 0 Å². The van der Waals surface area contributed by atoms with E-state index in [0.717, 1.165) is 9.87 Å². The molecule has 0 aromatic heterocycles. The van der Waals surface area contributed by atoms with E-state index in [4.69, 9.17) is 4.74 Å². The van der Waals surface area contributed by atoms with Crippen molar-refractivity contribution in [1.82, 2.24) is 19.8 Å². The van der Waals surface area contributed by atoms with Crippen LogP contribution in [0, 0.1) is 6.92 Å². The van der Waals surface area contributed by atoms with Crippen LogP contribution < -0.4 is 10.6 Å². The molecule has 0 radical (unpaired) electrons. The van der Waals surface area contributed by atoms with Crippen LogP contribution in [-0.4, -0.2) is 66.3 Å². The smallest absolute Gasteiger partial charge is 0.410 e. The van der Waals surface area contributed by atoms with Crippen molar-refractivity contribution in [1.29, 1.82) is 0 Å². The van der Waals surface area contributed by atoms with E-state index in [1.807, 2.05) is 6.92 Å². The average Bonchev–Trinajstić information content (AvgIpc) is 2.74. The summed E-state index contributed by atoms with van der Waals surface area (Å²) in [4.78, 5) is 39.3. The van der Waals surface area contributed by atoms with Crippen molar-refractivity contribution in [2.75, 3.05) is 13.1 Å². The summed E-state index contributed by atoms with van der Waals surface area (Å²) in [5, 5.41) is 5.31. The van der Waals surface area contributed by atoms with Crippen molar-refractivity contribution in [3.8, 4) is 0 Å². The third kappa shape index (κ3) is 6.28. The Hall–Kier alpha value is -3.08. The summed E-state index contributed by atoms with van der Waals surface area (Å²) >= 11 is 0. The topological polar surface area (TPSA) is 125 Å². The Balaban J connectivity index is 1.67. The number of hydrogen-bond donors (Lipinski definition) is 2. The molecule has 186 valence electrons. The van der Waals surface area contributed by atoms with Crippen LogP contribution in [0.5, 0.6) is 0 Å². The first kappa shape index (κ1) is 25.5. The molecule has 1 aromatic carbocycles. The molecule has 11 heteroatoms. The Labute approximate surface area is 200 Å². The zero-order valence-corrected chi connectivity index (χ0v) is 20.7. The van der Waals surface area contributed by atoms with Crippen molar-refractivity contribution in [3.63, 3.8) is 0 Å². The van der Waals surface area contributed by atoms with Crippen molar-refractivity contribution in [2.45, 2.75) is 69.5 Å². The Bertz CT molecular complexity index is 1060. The van der Waals surface area contributed by atoms with Gasteiger partial charge in [-0.25, -0.2) is 13.2 Å². The molecule has 0 saturated carbocycles. The van der Waals surface area contributed by atoms with E-state index in [-0.39, 0.29) is 23.9 Å². The Morgan fingerprint density at radius 3 is 2.53 bits per heavy atom. The van der Waals surface area contributed by atoms with Gasteiger partial charge in [0.25, 0.3) is 10.0 Å². The quantitative estimate of drug-likeness (QED) is 0.646. The maximum Gasteiger partial charge on any atom is 0.410 e. The van der Waals surface area contributed by atoms with Gasteiger partial charge in [-0.3, -0.25) is 13.9 Å². The number of nitrogens with zero attached hydrogens (tertiary/aromatic N) is 2. The van der Waals surface area contributed by atoms with Gasteiger partial charge in [-0.1, -0.05) is 17.7 Å². The molecule has 1 saturated heterocycles. The summed E-state index contributed by atoms with van der Waals surface area (Å²) < 4.78 is 32.7. The van der Waals surface area contributed by atoms with Gasteiger partial charge in [0.05, 0.1) is 11.3 Å². The molecule has 34 heavy (non-hydrogen) atoms. The van der Waals surface area contributed by atoms with Gasteiger partial charge in [-0.05, 0) is 52.7 Å². The van der Waals surface area contributed by atoms with E-state index in [0.29, 0.717) is 19.4 Å². The molecular weight excluding hydrogens is 460 g/mol. The van der Waals surface area contributed by atoms with Gasteiger partial charge in [0, 0.05) is 31.5 Å². The third-order valence-corrected chi connectivity index (χ3v) is 7.27. The number of aryl methyl sites for hydroxylation is 1. The molecule has 3 rings (SSSR count). The summed E-state index contributed by atoms with van der Waals surface area (Å²) in [5.74, 6) is -1.07. The first-order valence-electron chi connectivity index (χ1n) is 11.2. The fourth-order valence-corrected chi connectivity index (χ4v) is 5.27. The minimum atomic E-state index is -4.04. The molecule has 2 atom stereocenters. The number of carbonyl (C=O) groups excluding carboxylic acids is 3. The van der Waals surface area contributed by atoms with E-state index in [1.54, 1.807) is 37.8 Å². The molecule has 0 bridgehead atoms. The van der Waals surface area contributed by atoms with Crippen molar-refractivity contribution in [2.24, 2.45) is 0 Å². The number of amides is 3. The van der Waals surface area contributed by atoms with Crippen LogP contribution in [0.3, 0.4) is 0 Å². The highest BCUT2D eigenvalue weighted by atomic mass is 32.2. The first-order chi connectivity index (χ1) is 15.9. The molecule has 0 spiro atoms. The van der Waals surface area contributed by atoms with Gasteiger partial charge in [-0.15, -0.1) is 0 Å². The van der Waals surface area contributed by atoms with Crippen LogP contribution in [0.2, 0.25) is 0 Å². The summed E-state index contributed by atoms with van der Waals surface area (Å²) in [7, 11) is -4.04. The number of sulfonamides is 1. The van der Waals surface area contributed by atoms with Crippen molar-refractivity contribution >= 4 is 27.9 Å². The van der Waals surface area contributed by atoms with Crippen LogP contribution in [0.15, 0.2) is 41.6 Å². The molecule has 10 nitrogen and oxygen atoms in total. The van der Waals surface area contributed by atoms with Crippen LogP contribution in [0.1, 0.15) is 45.6 Å². The van der Waals surface area contributed by atoms with Crippen LogP contribution >= 0.6 is 0 Å². The predicted molar refractivity (Wildman–Crippen MR) is 125 cm³/mol. The van der Waals surface area contributed by atoms with E-state index in [2.05, 4.69) is 10.6 Å². The molecule has 3 amide bonds. The largest absolute Gasteiger partial charge is 0.444 e. The fourth-order valence-electron chi connectivity index (χ4n) is 3.82. The van der Waals surface area contributed by atoms with Crippen molar-refractivity contribution in [3.05, 3.63) is 42.2 Å². The molecular formula is C23H32N4O6S. The maximum absolute atomic E-state index is 13.2. The normalized spacial score (nSPS) is 21.1. The summed E-state index contributed by atoms with van der Waals surface area (Å²) in [6, 6.07) is 4.72. The monoisotopic (exact) mass is 492 g/mol. The molecule has 1 fully saturated rings. The number of carbonyl (C=O) groups is 3. The lowest BCUT2D eigenvalue weighted by molar-refractivity contribution is -0.130. The standard InChI is InChI=1S/C23H32N4O6S/c1-16-7-9-18(10-8-16)34(31,32)27-13-11-24-21(29)19(27)14-20(28)25-17-6-5-12-26(15-17)22(30)33-23(2,3)4/h7-11,13,17,19H,5-6,12,14-15H2,1-4H3,(H,24,29)(H,25,28)/t17?,19-/m1/s1. The zero-order chi connectivity index (χ0) is 25.1. The lowest BCUT2D eigenvalue weighted by Crippen LogP contribution is -2.54. The second-order valence-corrected chi connectivity index (χ2v) is 11.4. The van der Waals surface area contributed by atoms with E-state index in [9.17, 15) is 22.8 Å². The van der Waals surface area contributed by atoms with Crippen LogP contribution in [-0.2, 0) is 24.3 Å². The molecule has 1 unspecified atom stereocenters. The lowest BCUT2D eigenvalue weighted by Gasteiger charge is -2.35. The number of ether oxygens (including phenoxy) is 1. The number of nitrogens with one attached hydrogen (secondary N) is 2. The molecule has 0 aliphatic carbocycles. The molecule has 2 heterocycles. The molecule has 2 N–H and O–H groups in total. The molecule has 1 aromatic rings. The van der Waals surface area contributed by atoms with Crippen LogP contribution in [0.25, 0.3) is 0 Å². The highest BCUT2D eigenvalue weighted by Gasteiger charge is 2.37. The Morgan fingerprint density at radius 2 is 1.88 bits per heavy atom. The fraction of sp³-hybridized carbons (Fsp3) is 0.522. The van der Waals surface area contributed by atoms with E-state index >= 15 is 0 Å². The SMILES string of the molecule is Cc1ccc(S(=O)(=O)N2C=CNC(=O)[C@H]2CC(=O)NC2CCCN(C(=O)OC(C)(C)C)C2)cc1. The van der Waals surface area contributed by atoms with E-state index in [1.165, 1.54) is 24.5 Å². The Kier molecular flexibility index (Phi) is 7.54. The lowest BCUT2D eigenvalue weighted by atomic mass is 10.1.